The summed E-state index contributed by atoms with van der Waals surface area (Å²) in [6.45, 7) is 9.95. The van der Waals surface area contributed by atoms with Crippen LogP contribution in [0.4, 0.5) is 0 Å². The maximum absolute atomic E-state index is 12.4. The number of oxazole rings is 1. The number of methoxy groups -OCH3 is 2. The van der Waals surface area contributed by atoms with Gasteiger partial charge in [-0.2, -0.15) is 0 Å². The quantitative estimate of drug-likeness (QED) is 0.562. The highest BCUT2D eigenvalue weighted by Crippen LogP contribution is 2.32. The van der Waals surface area contributed by atoms with Gasteiger partial charge < -0.3 is 23.9 Å². The number of ether oxygens (including phenoxy) is 3. The monoisotopic (exact) mass is 446 g/mol. The first kappa shape index (κ1) is 24.0. The number of rotatable bonds is 11. The van der Waals surface area contributed by atoms with Gasteiger partial charge in [0.15, 0.2) is 17.2 Å². The molecule has 176 valence electrons. The minimum atomic E-state index is -0.223. The first-order chi connectivity index (χ1) is 15.5. The molecule has 1 fully saturated rings. The van der Waals surface area contributed by atoms with Crippen LogP contribution in [-0.2, 0) is 17.8 Å². The van der Waals surface area contributed by atoms with Crippen molar-refractivity contribution in [2.75, 3.05) is 53.6 Å². The topological polar surface area (TPSA) is 89.3 Å². The van der Waals surface area contributed by atoms with Crippen LogP contribution in [0, 0.1) is 0 Å². The van der Waals surface area contributed by atoms with Gasteiger partial charge in [-0.05, 0) is 19.9 Å². The first-order valence-corrected chi connectivity index (χ1v) is 11.0. The van der Waals surface area contributed by atoms with Crippen molar-refractivity contribution in [3.8, 4) is 11.5 Å². The smallest absolute Gasteiger partial charge is 0.273 e. The molecule has 0 bridgehead atoms. The van der Waals surface area contributed by atoms with E-state index >= 15 is 0 Å². The number of aromatic nitrogens is 1. The molecule has 1 aromatic carbocycles. The third kappa shape index (κ3) is 6.44. The molecule has 3 rings (SSSR count). The lowest BCUT2D eigenvalue weighted by Crippen LogP contribution is -2.41. The number of carbonyl (C=O) groups is 1. The van der Waals surface area contributed by atoms with E-state index in [9.17, 15) is 4.79 Å². The van der Waals surface area contributed by atoms with Gasteiger partial charge in [0.05, 0.1) is 34.0 Å². The summed E-state index contributed by atoms with van der Waals surface area (Å²) in [4.78, 5) is 21.3. The van der Waals surface area contributed by atoms with Crippen LogP contribution in [0.15, 0.2) is 28.9 Å². The van der Waals surface area contributed by atoms with Gasteiger partial charge in [0.25, 0.3) is 5.91 Å². The summed E-state index contributed by atoms with van der Waals surface area (Å²) >= 11 is 0. The SMILES string of the molecule is COc1cccc(CN(Cc2nc(C(=O)NCCN3CCOCC3)co2)C(C)C)c1OC. The number of benzene rings is 1. The molecule has 0 radical (unpaired) electrons. The van der Waals surface area contributed by atoms with Gasteiger partial charge in [0.1, 0.15) is 6.26 Å². The Morgan fingerprint density at radius 3 is 2.69 bits per heavy atom. The highest BCUT2D eigenvalue weighted by atomic mass is 16.5. The molecule has 0 atom stereocenters. The number of carbonyl (C=O) groups excluding carboxylic acids is 1. The number of hydrogen-bond donors (Lipinski definition) is 1. The van der Waals surface area contributed by atoms with E-state index in [4.69, 9.17) is 18.6 Å². The van der Waals surface area contributed by atoms with E-state index in [0.717, 1.165) is 38.4 Å². The molecule has 9 nitrogen and oxygen atoms in total. The van der Waals surface area contributed by atoms with E-state index in [-0.39, 0.29) is 11.9 Å². The molecule has 1 aliphatic rings. The van der Waals surface area contributed by atoms with Crippen molar-refractivity contribution in [3.63, 3.8) is 0 Å². The zero-order valence-electron chi connectivity index (χ0n) is 19.4. The Morgan fingerprint density at radius 2 is 2.00 bits per heavy atom. The van der Waals surface area contributed by atoms with Crippen LogP contribution in [0.1, 0.15) is 35.8 Å². The van der Waals surface area contributed by atoms with Crippen molar-refractivity contribution in [2.45, 2.75) is 33.0 Å². The number of nitrogens with zero attached hydrogens (tertiary/aromatic N) is 3. The summed E-state index contributed by atoms with van der Waals surface area (Å²) in [6, 6.07) is 6.06. The van der Waals surface area contributed by atoms with Crippen molar-refractivity contribution < 1.29 is 23.4 Å². The maximum Gasteiger partial charge on any atom is 0.273 e. The predicted octanol–water partition coefficient (Wildman–Crippen LogP) is 2.16. The molecule has 9 heteroatoms. The minimum absolute atomic E-state index is 0.223. The Morgan fingerprint density at radius 1 is 1.22 bits per heavy atom. The Hall–Kier alpha value is -2.62. The standard InChI is InChI=1S/C23H34N4O5/c1-17(2)27(14-18-6-5-7-20(29-3)22(18)30-4)15-21-25-19(16-32-21)23(28)24-8-9-26-10-12-31-13-11-26/h5-7,16-17H,8-15H2,1-4H3,(H,24,28). The zero-order chi connectivity index (χ0) is 22.9. The van der Waals surface area contributed by atoms with Crippen LogP contribution in [0.5, 0.6) is 11.5 Å². The van der Waals surface area contributed by atoms with Crippen LogP contribution >= 0.6 is 0 Å². The van der Waals surface area contributed by atoms with Gasteiger partial charge in [-0.3, -0.25) is 14.6 Å². The summed E-state index contributed by atoms with van der Waals surface area (Å²) in [5, 5.41) is 2.92. The van der Waals surface area contributed by atoms with E-state index in [1.807, 2.05) is 18.2 Å². The van der Waals surface area contributed by atoms with E-state index in [1.165, 1.54) is 6.26 Å². The fraction of sp³-hybridized carbons (Fsp3) is 0.565. The van der Waals surface area contributed by atoms with Crippen LogP contribution in [0.25, 0.3) is 0 Å². The van der Waals surface area contributed by atoms with Gasteiger partial charge in [0, 0.05) is 44.3 Å². The molecule has 1 aromatic heterocycles. The van der Waals surface area contributed by atoms with Crippen molar-refractivity contribution in [1.29, 1.82) is 0 Å². The van der Waals surface area contributed by atoms with Crippen molar-refractivity contribution >= 4 is 5.91 Å². The fourth-order valence-corrected chi connectivity index (χ4v) is 3.62. The Bertz CT molecular complexity index is 864. The molecule has 1 N–H and O–H groups in total. The third-order valence-corrected chi connectivity index (χ3v) is 5.53. The van der Waals surface area contributed by atoms with Gasteiger partial charge >= 0.3 is 0 Å². The molecule has 32 heavy (non-hydrogen) atoms. The summed E-state index contributed by atoms with van der Waals surface area (Å²) in [7, 11) is 3.27. The van der Waals surface area contributed by atoms with Crippen LogP contribution < -0.4 is 14.8 Å². The molecule has 0 unspecified atom stereocenters. The predicted molar refractivity (Wildman–Crippen MR) is 120 cm³/mol. The van der Waals surface area contributed by atoms with Crippen LogP contribution in [0.3, 0.4) is 0 Å². The lowest BCUT2D eigenvalue weighted by molar-refractivity contribution is 0.0383. The van der Waals surface area contributed by atoms with E-state index in [1.54, 1.807) is 14.2 Å². The average Bonchev–Trinajstić information content (AvgIpc) is 3.27. The molecular weight excluding hydrogens is 412 g/mol. The number of morpholine rings is 1. The fourth-order valence-electron chi connectivity index (χ4n) is 3.62. The van der Waals surface area contributed by atoms with Crippen LogP contribution in [-0.4, -0.2) is 80.3 Å². The van der Waals surface area contributed by atoms with Gasteiger partial charge in [-0.25, -0.2) is 4.98 Å². The van der Waals surface area contributed by atoms with E-state index in [0.29, 0.717) is 42.7 Å². The largest absolute Gasteiger partial charge is 0.493 e. The summed E-state index contributed by atoms with van der Waals surface area (Å²) < 4.78 is 21.9. The summed E-state index contributed by atoms with van der Waals surface area (Å²) in [5.41, 5.74) is 1.30. The van der Waals surface area contributed by atoms with Gasteiger partial charge in [0.2, 0.25) is 5.89 Å². The zero-order valence-corrected chi connectivity index (χ0v) is 19.4. The van der Waals surface area contributed by atoms with Crippen molar-refractivity contribution in [3.05, 3.63) is 41.6 Å². The number of nitrogens with one attached hydrogen (secondary N) is 1. The Labute approximate surface area is 189 Å². The normalized spacial score (nSPS) is 14.7. The molecule has 1 aliphatic heterocycles. The van der Waals surface area contributed by atoms with E-state index < -0.39 is 0 Å². The second-order valence-corrected chi connectivity index (χ2v) is 7.99. The summed E-state index contributed by atoms with van der Waals surface area (Å²) in [5.74, 6) is 1.69. The number of hydrogen-bond acceptors (Lipinski definition) is 8. The molecule has 1 amide bonds. The third-order valence-electron chi connectivity index (χ3n) is 5.53. The molecule has 1 saturated heterocycles. The maximum atomic E-state index is 12.4. The van der Waals surface area contributed by atoms with Gasteiger partial charge in [-0.15, -0.1) is 0 Å². The lowest BCUT2D eigenvalue weighted by Gasteiger charge is -2.26. The molecule has 0 spiro atoms. The molecular formula is C23H34N4O5. The molecule has 2 aromatic rings. The first-order valence-electron chi connectivity index (χ1n) is 11.0. The van der Waals surface area contributed by atoms with E-state index in [2.05, 4.69) is 33.9 Å². The second-order valence-electron chi connectivity index (χ2n) is 7.99. The van der Waals surface area contributed by atoms with Crippen molar-refractivity contribution in [1.82, 2.24) is 20.1 Å². The molecule has 0 aliphatic carbocycles. The highest BCUT2D eigenvalue weighted by molar-refractivity contribution is 5.91. The van der Waals surface area contributed by atoms with Gasteiger partial charge in [-0.1, -0.05) is 12.1 Å². The average molecular weight is 447 g/mol. The Balaban J connectivity index is 1.57. The lowest BCUT2D eigenvalue weighted by atomic mass is 10.1. The second kappa shape index (κ2) is 11.8. The Kier molecular flexibility index (Phi) is 8.90. The highest BCUT2D eigenvalue weighted by Gasteiger charge is 2.20. The summed E-state index contributed by atoms with van der Waals surface area (Å²) in [6.07, 6.45) is 1.42. The molecule has 0 saturated carbocycles. The minimum Gasteiger partial charge on any atom is -0.493 e. The molecule has 2 heterocycles. The van der Waals surface area contributed by atoms with Crippen LogP contribution in [0.2, 0.25) is 0 Å². The number of para-hydroxylation sites is 1. The number of amides is 1. The van der Waals surface area contributed by atoms with Crippen molar-refractivity contribution in [2.24, 2.45) is 0 Å².